The predicted molar refractivity (Wildman–Crippen MR) is 33.5 cm³/mol. The second-order valence-corrected chi connectivity index (χ2v) is 1.60. The topological polar surface area (TPSA) is 29.1 Å². The van der Waals surface area contributed by atoms with Gasteiger partial charge in [-0.25, -0.2) is 0 Å². The molecule has 0 saturated heterocycles. The van der Waals surface area contributed by atoms with E-state index in [9.17, 15) is 4.79 Å². The Balaban J connectivity index is 3.31. The third-order valence-corrected chi connectivity index (χ3v) is 0.812. The molecule has 2 heteroatoms. The number of allylic oxidation sites excluding steroid dienone is 1. The van der Waals surface area contributed by atoms with E-state index in [0.717, 1.165) is 0 Å². The monoisotopic (exact) mass is 113 g/mol. The molecule has 0 rings (SSSR count). The van der Waals surface area contributed by atoms with Gasteiger partial charge in [-0.2, -0.15) is 0 Å². The number of hydrogen-bond acceptors (Lipinski definition) is 1. The van der Waals surface area contributed by atoms with E-state index in [1.165, 1.54) is 0 Å². The van der Waals surface area contributed by atoms with Crippen molar-refractivity contribution < 1.29 is 4.79 Å². The summed E-state index contributed by atoms with van der Waals surface area (Å²) in [6.45, 7) is 3.83. The van der Waals surface area contributed by atoms with E-state index in [2.05, 4.69) is 5.32 Å². The molecule has 8 heavy (non-hydrogen) atoms. The van der Waals surface area contributed by atoms with Crippen LogP contribution in [0.1, 0.15) is 13.8 Å². The van der Waals surface area contributed by atoms with Crippen LogP contribution in [0.5, 0.6) is 0 Å². The molecule has 0 aliphatic carbocycles. The SMILES string of the molecule is CC=CC(C)NC=O. The summed E-state index contributed by atoms with van der Waals surface area (Å²) in [6, 6.07) is 0.164. The van der Waals surface area contributed by atoms with Crippen LogP contribution in [0.2, 0.25) is 0 Å². The second kappa shape index (κ2) is 4.37. The van der Waals surface area contributed by atoms with Crippen LogP contribution in [0.3, 0.4) is 0 Å². The molecule has 46 valence electrons. The average Bonchev–Trinajstić information content (AvgIpc) is 1.68. The lowest BCUT2D eigenvalue weighted by Crippen LogP contribution is -2.21. The van der Waals surface area contributed by atoms with Crippen LogP contribution >= 0.6 is 0 Å². The Kier molecular flexibility index (Phi) is 3.94. The van der Waals surface area contributed by atoms with Crippen molar-refractivity contribution in [3.05, 3.63) is 12.2 Å². The Bertz CT molecular complexity index is 88.5. The van der Waals surface area contributed by atoms with Crippen molar-refractivity contribution in [3.63, 3.8) is 0 Å². The summed E-state index contributed by atoms with van der Waals surface area (Å²) in [6.07, 6.45) is 4.51. The zero-order valence-corrected chi connectivity index (χ0v) is 5.22. The highest BCUT2D eigenvalue weighted by molar-refractivity contribution is 5.47. The van der Waals surface area contributed by atoms with Gasteiger partial charge in [0.1, 0.15) is 0 Å². The molecular formula is C6H11NO. The molecule has 0 spiro atoms. The van der Waals surface area contributed by atoms with Gasteiger partial charge in [0.05, 0.1) is 0 Å². The maximum absolute atomic E-state index is 9.75. The van der Waals surface area contributed by atoms with Crippen LogP contribution < -0.4 is 5.32 Å². The van der Waals surface area contributed by atoms with Gasteiger partial charge in [0, 0.05) is 6.04 Å². The molecule has 0 aromatic carbocycles. The summed E-state index contributed by atoms with van der Waals surface area (Å²) < 4.78 is 0. The Labute approximate surface area is 49.6 Å². The molecule has 0 aromatic heterocycles. The molecule has 2 nitrogen and oxygen atoms in total. The molecular weight excluding hydrogens is 102 g/mol. The summed E-state index contributed by atoms with van der Waals surface area (Å²) in [5.74, 6) is 0. The Morgan fingerprint density at radius 3 is 2.62 bits per heavy atom. The molecule has 1 N–H and O–H groups in total. The first-order valence-electron chi connectivity index (χ1n) is 2.63. The van der Waals surface area contributed by atoms with Crippen LogP contribution in [-0.2, 0) is 4.79 Å². The number of carbonyl (C=O) groups excluding carboxylic acids is 1. The van der Waals surface area contributed by atoms with E-state index in [-0.39, 0.29) is 6.04 Å². The third-order valence-electron chi connectivity index (χ3n) is 0.812. The van der Waals surface area contributed by atoms with Crippen molar-refractivity contribution >= 4 is 6.41 Å². The van der Waals surface area contributed by atoms with Crippen LogP contribution in [-0.4, -0.2) is 12.5 Å². The molecule has 0 aromatic rings. The van der Waals surface area contributed by atoms with E-state index >= 15 is 0 Å². The summed E-state index contributed by atoms with van der Waals surface area (Å²) in [4.78, 5) is 9.75. The molecule has 0 heterocycles. The average molecular weight is 113 g/mol. The van der Waals surface area contributed by atoms with Crippen molar-refractivity contribution in [2.75, 3.05) is 0 Å². The van der Waals surface area contributed by atoms with Crippen LogP contribution in [0.4, 0.5) is 0 Å². The Hall–Kier alpha value is -0.790. The van der Waals surface area contributed by atoms with Gasteiger partial charge in [0.25, 0.3) is 0 Å². The smallest absolute Gasteiger partial charge is 0.207 e. The third kappa shape index (κ3) is 3.40. The van der Waals surface area contributed by atoms with Gasteiger partial charge in [-0.05, 0) is 13.8 Å². The molecule has 1 unspecified atom stereocenters. The summed E-state index contributed by atoms with van der Waals surface area (Å²) in [5, 5.41) is 2.58. The zero-order valence-electron chi connectivity index (χ0n) is 5.22. The normalized spacial score (nSPS) is 13.8. The minimum atomic E-state index is 0.164. The largest absolute Gasteiger partial charge is 0.353 e. The van der Waals surface area contributed by atoms with E-state index in [1.807, 2.05) is 26.0 Å². The number of carbonyl (C=O) groups is 1. The minimum absolute atomic E-state index is 0.164. The van der Waals surface area contributed by atoms with Crippen molar-refractivity contribution in [3.8, 4) is 0 Å². The second-order valence-electron chi connectivity index (χ2n) is 1.60. The van der Waals surface area contributed by atoms with Crippen molar-refractivity contribution in [1.29, 1.82) is 0 Å². The molecule has 0 aliphatic heterocycles. The predicted octanol–water partition coefficient (Wildman–Crippen LogP) is 0.697. The van der Waals surface area contributed by atoms with Crippen LogP contribution in [0, 0.1) is 0 Å². The Morgan fingerprint density at radius 1 is 1.62 bits per heavy atom. The molecule has 1 amide bonds. The lowest BCUT2D eigenvalue weighted by atomic mass is 10.3. The maximum atomic E-state index is 9.75. The maximum Gasteiger partial charge on any atom is 0.207 e. The van der Waals surface area contributed by atoms with Gasteiger partial charge in [-0.1, -0.05) is 12.2 Å². The lowest BCUT2D eigenvalue weighted by Gasteiger charge is -2.00. The number of amides is 1. The van der Waals surface area contributed by atoms with Crippen molar-refractivity contribution in [2.24, 2.45) is 0 Å². The lowest BCUT2D eigenvalue weighted by molar-refractivity contribution is -0.109. The Morgan fingerprint density at radius 2 is 2.25 bits per heavy atom. The quantitative estimate of drug-likeness (QED) is 0.423. The molecule has 1 atom stereocenters. The fraction of sp³-hybridized carbons (Fsp3) is 0.500. The van der Waals surface area contributed by atoms with Crippen LogP contribution in [0.15, 0.2) is 12.2 Å². The summed E-state index contributed by atoms with van der Waals surface area (Å²) in [5.41, 5.74) is 0. The molecule has 0 fully saturated rings. The number of nitrogens with one attached hydrogen (secondary N) is 1. The first-order chi connectivity index (χ1) is 3.81. The fourth-order valence-corrected chi connectivity index (χ4v) is 0.452. The van der Waals surface area contributed by atoms with Gasteiger partial charge in [0.2, 0.25) is 6.41 Å². The molecule has 0 aliphatic rings. The molecule has 0 saturated carbocycles. The minimum Gasteiger partial charge on any atom is -0.353 e. The first kappa shape index (κ1) is 7.21. The summed E-state index contributed by atoms with van der Waals surface area (Å²) >= 11 is 0. The van der Waals surface area contributed by atoms with Gasteiger partial charge in [-0.3, -0.25) is 4.79 Å². The highest BCUT2D eigenvalue weighted by Crippen LogP contribution is 1.79. The highest BCUT2D eigenvalue weighted by Gasteiger charge is 1.87. The van der Waals surface area contributed by atoms with E-state index in [4.69, 9.17) is 0 Å². The van der Waals surface area contributed by atoms with E-state index in [1.54, 1.807) is 0 Å². The van der Waals surface area contributed by atoms with Crippen molar-refractivity contribution in [2.45, 2.75) is 19.9 Å². The molecule has 0 bridgehead atoms. The van der Waals surface area contributed by atoms with Gasteiger partial charge < -0.3 is 5.32 Å². The van der Waals surface area contributed by atoms with Crippen molar-refractivity contribution in [1.82, 2.24) is 5.32 Å². The highest BCUT2D eigenvalue weighted by atomic mass is 16.1. The van der Waals surface area contributed by atoms with Gasteiger partial charge in [-0.15, -0.1) is 0 Å². The first-order valence-corrected chi connectivity index (χ1v) is 2.63. The number of hydrogen-bond donors (Lipinski definition) is 1. The molecule has 0 radical (unpaired) electrons. The van der Waals surface area contributed by atoms with E-state index in [0.29, 0.717) is 6.41 Å². The van der Waals surface area contributed by atoms with E-state index < -0.39 is 0 Å². The van der Waals surface area contributed by atoms with Gasteiger partial charge in [0.15, 0.2) is 0 Å². The summed E-state index contributed by atoms with van der Waals surface area (Å²) in [7, 11) is 0. The van der Waals surface area contributed by atoms with Gasteiger partial charge >= 0.3 is 0 Å². The number of rotatable bonds is 3. The zero-order chi connectivity index (χ0) is 6.41. The fourth-order valence-electron chi connectivity index (χ4n) is 0.452. The standard InChI is InChI=1S/C6H11NO/c1-3-4-6(2)7-5-8/h3-6H,1-2H3,(H,7,8). The van der Waals surface area contributed by atoms with Crippen LogP contribution in [0.25, 0.3) is 0 Å².